The quantitative estimate of drug-likeness (QED) is 0.605. The lowest BCUT2D eigenvalue weighted by Crippen LogP contribution is -2.35. The van der Waals surface area contributed by atoms with Crippen LogP contribution in [0.1, 0.15) is 74.7 Å². The number of piperidine rings is 1. The van der Waals surface area contributed by atoms with E-state index in [1.807, 2.05) is 62.4 Å². The van der Waals surface area contributed by atoms with Crippen LogP contribution in [0.25, 0.3) is 0 Å². The van der Waals surface area contributed by atoms with Crippen molar-refractivity contribution in [1.29, 1.82) is 0 Å². The fourth-order valence-electron chi connectivity index (χ4n) is 4.10. The lowest BCUT2D eigenvalue weighted by Gasteiger charge is -2.31. The van der Waals surface area contributed by atoms with Crippen molar-refractivity contribution >= 4 is 23.2 Å². The molecule has 1 aliphatic rings. The van der Waals surface area contributed by atoms with Crippen LogP contribution in [0.2, 0.25) is 0 Å². The number of anilines is 2. The van der Waals surface area contributed by atoms with E-state index in [0.29, 0.717) is 17.7 Å². The third-order valence-electron chi connectivity index (χ3n) is 6.12. The average molecular weight is 422 g/mol. The minimum Gasteiger partial charge on any atom is -0.371 e. The van der Waals surface area contributed by atoms with Gasteiger partial charge in [0.1, 0.15) is 0 Å². The van der Waals surface area contributed by atoms with Gasteiger partial charge in [0.2, 0.25) is 5.91 Å². The molecule has 166 valence electrons. The molecule has 0 aromatic heterocycles. The number of nitrogens with zero attached hydrogens (tertiary/aromatic N) is 1. The van der Waals surface area contributed by atoms with Crippen molar-refractivity contribution in [2.24, 2.45) is 0 Å². The van der Waals surface area contributed by atoms with E-state index in [-0.39, 0.29) is 23.8 Å². The van der Waals surface area contributed by atoms with Crippen molar-refractivity contribution in [3.63, 3.8) is 0 Å². The molecule has 1 aliphatic heterocycles. The van der Waals surface area contributed by atoms with Crippen LogP contribution in [0, 0.1) is 0 Å². The Kier molecular flexibility index (Phi) is 8.10. The van der Waals surface area contributed by atoms with Gasteiger partial charge in [0.05, 0.1) is 11.5 Å². The van der Waals surface area contributed by atoms with Gasteiger partial charge in [-0.3, -0.25) is 9.59 Å². The molecule has 0 radical (unpaired) electrons. The van der Waals surface area contributed by atoms with Gasteiger partial charge in [0, 0.05) is 30.5 Å². The smallest absolute Gasteiger partial charge is 0.253 e. The zero-order valence-corrected chi connectivity index (χ0v) is 19.0. The highest BCUT2D eigenvalue weighted by Gasteiger charge is 2.22. The van der Waals surface area contributed by atoms with Crippen molar-refractivity contribution in [1.82, 2.24) is 5.32 Å². The second-order valence-electron chi connectivity index (χ2n) is 8.42. The molecule has 0 saturated carbocycles. The largest absolute Gasteiger partial charge is 0.371 e. The SMILES string of the molecule is CC[C@@H](C)NC(=O)c1cc(NC(=O)[C@@H](CC)c2ccccc2)ccc1N1CCCCC1. The number of nitrogens with one attached hydrogen (secondary N) is 2. The van der Waals surface area contributed by atoms with Gasteiger partial charge in [0.15, 0.2) is 0 Å². The van der Waals surface area contributed by atoms with Gasteiger partial charge >= 0.3 is 0 Å². The highest BCUT2D eigenvalue weighted by atomic mass is 16.2. The summed E-state index contributed by atoms with van der Waals surface area (Å²) < 4.78 is 0. The number of benzene rings is 2. The Labute approximate surface area is 186 Å². The van der Waals surface area contributed by atoms with Crippen molar-refractivity contribution < 1.29 is 9.59 Å². The van der Waals surface area contributed by atoms with Crippen molar-refractivity contribution in [3.8, 4) is 0 Å². The topological polar surface area (TPSA) is 61.4 Å². The average Bonchev–Trinajstić information content (AvgIpc) is 2.80. The molecule has 5 heteroatoms. The van der Waals surface area contributed by atoms with Gasteiger partial charge in [-0.15, -0.1) is 0 Å². The Hall–Kier alpha value is -2.82. The summed E-state index contributed by atoms with van der Waals surface area (Å²) in [6, 6.07) is 15.7. The summed E-state index contributed by atoms with van der Waals surface area (Å²) in [5.41, 5.74) is 3.25. The normalized spacial score (nSPS) is 15.8. The molecule has 0 unspecified atom stereocenters. The van der Waals surface area contributed by atoms with Gasteiger partial charge in [0.25, 0.3) is 5.91 Å². The molecule has 1 fully saturated rings. The molecule has 2 amide bonds. The van der Waals surface area contributed by atoms with Crippen LogP contribution in [0.4, 0.5) is 11.4 Å². The Morgan fingerprint density at radius 3 is 2.32 bits per heavy atom. The summed E-state index contributed by atoms with van der Waals surface area (Å²) in [6.07, 6.45) is 5.09. The monoisotopic (exact) mass is 421 g/mol. The molecule has 0 bridgehead atoms. The summed E-state index contributed by atoms with van der Waals surface area (Å²) in [4.78, 5) is 28.4. The van der Waals surface area contributed by atoms with E-state index < -0.39 is 0 Å². The molecule has 2 N–H and O–H groups in total. The second-order valence-corrected chi connectivity index (χ2v) is 8.42. The summed E-state index contributed by atoms with van der Waals surface area (Å²) in [6.45, 7) is 8.00. The van der Waals surface area contributed by atoms with Gasteiger partial charge in [-0.2, -0.15) is 0 Å². The molecule has 1 saturated heterocycles. The van der Waals surface area contributed by atoms with Crippen molar-refractivity contribution in [3.05, 3.63) is 59.7 Å². The first kappa shape index (κ1) is 22.9. The number of amides is 2. The van der Waals surface area contributed by atoms with Gasteiger partial charge in [-0.25, -0.2) is 0 Å². The molecule has 2 aromatic rings. The first-order valence-electron chi connectivity index (χ1n) is 11.6. The van der Waals surface area contributed by atoms with E-state index in [9.17, 15) is 9.59 Å². The highest BCUT2D eigenvalue weighted by Crippen LogP contribution is 2.29. The molecule has 0 aliphatic carbocycles. The van der Waals surface area contributed by atoms with Crippen LogP contribution < -0.4 is 15.5 Å². The maximum atomic E-state index is 13.1. The van der Waals surface area contributed by atoms with Crippen LogP contribution in [-0.2, 0) is 4.79 Å². The fourth-order valence-corrected chi connectivity index (χ4v) is 4.10. The molecule has 5 nitrogen and oxygen atoms in total. The fraction of sp³-hybridized carbons (Fsp3) is 0.462. The predicted octanol–water partition coefficient (Wildman–Crippen LogP) is 5.34. The van der Waals surface area contributed by atoms with Crippen molar-refractivity contribution in [2.75, 3.05) is 23.3 Å². The molecule has 2 atom stereocenters. The van der Waals surface area contributed by atoms with E-state index in [2.05, 4.69) is 22.5 Å². The van der Waals surface area contributed by atoms with Crippen LogP contribution in [-0.4, -0.2) is 30.9 Å². The van der Waals surface area contributed by atoms with Crippen LogP contribution >= 0.6 is 0 Å². The van der Waals surface area contributed by atoms with Crippen LogP contribution in [0.3, 0.4) is 0 Å². The van der Waals surface area contributed by atoms with Crippen molar-refractivity contribution in [2.45, 2.75) is 64.8 Å². The molecule has 2 aromatic carbocycles. The Bertz CT molecular complexity index is 875. The number of carbonyl (C=O) groups excluding carboxylic acids is 2. The summed E-state index contributed by atoms with van der Waals surface area (Å²) in [7, 11) is 0. The number of hydrogen-bond donors (Lipinski definition) is 2. The van der Waals surface area contributed by atoms with E-state index in [1.165, 1.54) is 6.42 Å². The first-order chi connectivity index (χ1) is 15.0. The number of rotatable bonds is 8. The Balaban J connectivity index is 1.85. The van der Waals surface area contributed by atoms with E-state index >= 15 is 0 Å². The first-order valence-corrected chi connectivity index (χ1v) is 11.6. The summed E-state index contributed by atoms with van der Waals surface area (Å²) in [5, 5.41) is 6.13. The molecular formula is C26H35N3O2. The number of carbonyl (C=O) groups is 2. The lowest BCUT2D eigenvalue weighted by molar-refractivity contribution is -0.117. The zero-order chi connectivity index (χ0) is 22.2. The van der Waals surface area contributed by atoms with E-state index in [4.69, 9.17) is 0 Å². The Morgan fingerprint density at radius 2 is 1.68 bits per heavy atom. The third kappa shape index (κ3) is 5.87. The summed E-state index contributed by atoms with van der Waals surface area (Å²) in [5.74, 6) is -0.353. The lowest BCUT2D eigenvalue weighted by atomic mass is 9.95. The molecule has 1 heterocycles. The molecule has 0 spiro atoms. The highest BCUT2D eigenvalue weighted by molar-refractivity contribution is 6.03. The van der Waals surface area contributed by atoms with Gasteiger partial charge in [-0.05, 0) is 62.8 Å². The van der Waals surface area contributed by atoms with Crippen LogP contribution in [0.5, 0.6) is 0 Å². The second kappa shape index (κ2) is 11.0. The summed E-state index contributed by atoms with van der Waals surface area (Å²) >= 11 is 0. The predicted molar refractivity (Wildman–Crippen MR) is 128 cm³/mol. The van der Waals surface area contributed by atoms with Crippen LogP contribution in [0.15, 0.2) is 48.5 Å². The minimum absolute atomic E-state index is 0.0484. The zero-order valence-electron chi connectivity index (χ0n) is 19.0. The maximum absolute atomic E-state index is 13.1. The molecule has 3 rings (SSSR count). The van der Waals surface area contributed by atoms with E-state index in [0.717, 1.165) is 43.6 Å². The standard InChI is InChI=1S/C26H35N3O2/c1-4-19(3)27-26(31)23-18-21(14-15-24(23)29-16-10-7-11-17-29)28-25(30)22(5-2)20-12-8-6-9-13-20/h6,8-9,12-15,18-19,22H,4-5,7,10-11,16-17H2,1-3H3,(H,27,31)(H,28,30)/t19-,22+/m1/s1. The van der Waals surface area contributed by atoms with Gasteiger partial charge in [-0.1, -0.05) is 44.2 Å². The Morgan fingerprint density at radius 1 is 0.968 bits per heavy atom. The van der Waals surface area contributed by atoms with Gasteiger partial charge < -0.3 is 15.5 Å². The molecule has 31 heavy (non-hydrogen) atoms. The molecular weight excluding hydrogens is 386 g/mol. The maximum Gasteiger partial charge on any atom is 0.253 e. The van der Waals surface area contributed by atoms with E-state index in [1.54, 1.807) is 0 Å². The number of hydrogen-bond acceptors (Lipinski definition) is 3. The third-order valence-corrected chi connectivity index (χ3v) is 6.12. The minimum atomic E-state index is -0.222.